The Morgan fingerprint density at radius 2 is 2.05 bits per heavy atom. The number of rotatable bonds is 6. The van der Waals surface area contributed by atoms with Crippen LogP contribution in [-0.4, -0.2) is 28.8 Å². The van der Waals surface area contributed by atoms with Crippen molar-refractivity contribution in [3.63, 3.8) is 0 Å². The number of carboxylic acid groups (broad SMARTS) is 1. The van der Waals surface area contributed by atoms with Gasteiger partial charge in [-0.3, -0.25) is 4.79 Å². The zero-order valence-electron chi connectivity index (χ0n) is 11.3. The third-order valence-electron chi connectivity index (χ3n) is 3.30. The standard InChI is InChI=1S/C13H19N3O4/c17-12(18)6-3-7-14-13(19)15-8-10-9-4-1-2-5-11(9)20-16-10/h1-8H2,(H,17,18)(H2,14,15,19). The summed E-state index contributed by atoms with van der Waals surface area (Å²) >= 11 is 0. The predicted molar refractivity (Wildman–Crippen MR) is 70.3 cm³/mol. The first-order valence-corrected chi connectivity index (χ1v) is 6.86. The summed E-state index contributed by atoms with van der Waals surface area (Å²) in [7, 11) is 0. The highest BCUT2D eigenvalue weighted by atomic mass is 16.5. The van der Waals surface area contributed by atoms with Gasteiger partial charge in [-0.05, 0) is 25.7 Å². The highest BCUT2D eigenvalue weighted by molar-refractivity contribution is 5.73. The number of aromatic nitrogens is 1. The number of hydrogen-bond acceptors (Lipinski definition) is 4. The molecule has 1 aromatic heterocycles. The molecule has 1 aliphatic rings. The molecule has 0 fully saturated rings. The molecule has 7 heteroatoms. The van der Waals surface area contributed by atoms with Crippen LogP contribution in [0, 0.1) is 0 Å². The first-order valence-electron chi connectivity index (χ1n) is 6.86. The number of fused-ring (bicyclic) bond motifs is 1. The second-order valence-electron chi connectivity index (χ2n) is 4.84. The molecule has 0 unspecified atom stereocenters. The average molecular weight is 281 g/mol. The van der Waals surface area contributed by atoms with Crippen LogP contribution in [0.2, 0.25) is 0 Å². The molecule has 0 aliphatic heterocycles. The van der Waals surface area contributed by atoms with Crippen molar-refractivity contribution >= 4 is 12.0 Å². The zero-order valence-corrected chi connectivity index (χ0v) is 11.3. The van der Waals surface area contributed by atoms with Crippen LogP contribution in [0.15, 0.2) is 4.52 Å². The summed E-state index contributed by atoms with van der Waals surface area (Å²) in [6.45, 7) is 0.679. The summed E-state index contributed by atoms with van der Waals surface area (Å²) in [5.41, 5.74) is 1.92. The molecule has 1 aliphatic carbocycles. The third-order valence-corrected chi connectivity index (χ3v) is 3.30. The highest BCUT2D eigenvalue weighted by Gasteiger charge is 2.19. The summed E-state index contributed by atoms with van der Waals surface area (Å²) in [5, 5.41) is 17.8. The van der Waals surface area contributed by atoms with Crippen LogP contribution in [0.25, 0.3) is 0 Å². The molecule has 20 heavy (non-hydrogen) atoms. The Morgan fingerprint density at radius 3 is 2.85 bits per heavy atom. The highest BCUT2D eigenvalue weighted by Crippen LogP contribution is 2.23. The molecule has 3 N–H and O–H groups in total. The normalized spacial score (nSPS) is 13.6. The quantitative estimate of drug-likeness (QED) is 0.680. The molecule has 0 atom stereocenters. The van der Waals surface area contributed by atoms with Crippen molar-refractivity contribution in [3.8, 4) is 0 Å². The summed E-state index contributed by atoms with van der Waals surface area (Å²) in [6, 6.07) is -0.317. The number of nitrogens with zero attached hydrogens (tertiary/aromatic N) is 1. The minimum absolute atomic E-state index is 0.0527. The number of aryl methyl sites for hydroxylation is 1. The Kier molecular flexibility index (Phi) is 4.97. The average Bonchev–Trinajstić information content (AvgIpc) is 2.84. The fraction of sp³-hybridized carbons (Fsp3) is 0.615. The van der Waals surface area contributed by atoms with Gasteiger partial charge in [0.05, 0.1) is 6.54 Å². The fourth-order valence-corrected chi connectivity index (χ4v) is 2.26. The van der Waals surface area contributed by atoms with E-state index >= 15 is 0 Å². The van der Waals surface area contributed by atoms with Crippen LogP contribution in [0.1, 0.15) is 42.7 Å². The summed E-state index contributed by atoms with van der Waals surface area (Å²) in [5.74, 6) is 0.0800. The van der Waals surface area contributed by atoms with Crippen molar-refractivity contribution in [1.82, 2.24) is 15.8 Å². The Morgan fingerprint density at radius 1 is 1.25 bits per heavy atom. The third kappa shape index (κ3) is 3.97. The Labute approximate surface area is 116 Å². The molecule has 1 aromatic rings. The fourth-order valence-electron chi connectivity index (χ4n) is 2.26. The van der Waals surface area contributed by atoms with E-state index in [1.807, 2.05) is 0 Å². The molecule has 0 aromatic carbocycles. The smallest absolute Gasteiger partial charge is 0.315 e. The van der Waals surface area contributed by atoms with Gasteiger partial charge in [0.2, 0.25) is 0 Å². The van der Waals surface area contributed by atoms with Crippen molar-refractivity contribution < 1.29 is 19.2 Å². The molecule has 0 radical (unpaired) electrons. The summed E-state index contributed by atoms with van der Waals surface area (Å²) in [6.07, 6.45) is 4.60. The molecule has 110 valence electrons. The van der Waals surface area contributed by atoms with Gasteiger partial charge in [0.25, 0.3) is 0 Å². The Hall–Kier alpha value is -2.05. The molecule has 0 saturated carbocycles. The Bertz CT molecular complexity index is 484. The minimum Gasteiger partial charge on any atom is -0.481 e. The number of carbonyl (C=O) groups is 2. The summed E-state index contributed by atoms with van der Waals surface area (Å²) < 4.78 is 5.26. The van der Waals surface area contributed by atoms with Crippen LogP contribution >= 0.6 is 0 Å². The van der Waals surface area contributed by atoms with Gasteiger partial charge >= 0.3 is 12.0 Å². The van der Waals surface area contributed by atoms with Crippen LogP contribution in [0.3, 0.4) is 0 Å². The number of nitrogens with one attached hydrogen (secondary N) is 2. The maximum atomic E-state index is 11.5. The molecule has 1 heterocycles. The minimum atomic E-state index is -0.860. The molecular formula is C13H19N3O4. The number of hydrogen-bond donors (Lipinski definition) is 3. The van der Waals surface area contributed by atoms with Crippen molar-refractivity contribution in [2.24, 2.45) is 0 Å². The van der Waals surface area contributed by atoms with E-state index in [4.69, 9.17) is 9.63 Å². The number of amides is 2. The van der Waals surface area contributed by atoms with Crippen molar-refractivity contribution in [2.45, 2.75) is 45.1 Å². The lowest BCUT2D eigenvalue weighted by Gasteiger charge is -2.10. The van der Waals surface area contributed by atoms with Crippen molar-refractivity contribution in [1.29, 1.82) is 0 Å². The SMILES string of the molecule is O=C(O)CCCNC(=O)NCc1noc2c1CCCC2. The van der Waals surface area contributed by atoms with Gasteiger partial charge in [-0.15, -0.1) is 0 Å². The largest absolute Gasteiger partial charge is 0.481 e. The molecule has 0 saturated heterocycles. The van der Waals surface area contributed by atoms with Crippen LogP contribution in [0.4, 0.5) is 4.79 Å². The van der Waals surface area contributed by atoms with Crippen molar-refractivity contribution in [2.75, 3.05) is 6.54 Å². The molecular weight excluding hydrogens is 262 g/mol. The van der Waals surface area contributed by atoms with Gasteiger partial charge in [0.15, 0.2) is 0 Å². The van der Waals surface area contributed by atoms with Gasteiger partial charge in [-0.25, -0.2) is 4.79 Å². The first kappa shape index (κ1) is 14.4. The lowest BCUT2D eigenvalue weighted by molar-refractivity contribution is -0.137. The van der Waals surface area contributed by atoms with Crippen LogP contribution in [-0.2, 0) is 24.2 Å². The number of carbonyl (C=O) groups excluding carboxylic acids is 1. The lowest BCUT2D eigenvalue weighted by atomic mass is 9.96. The number of aliphatic carboxylic acids is 1. The van der Waals surface area contributed by atoms with E-state index in [1.54, 1.807) is 0 Å². The van der Waals surface area contributed by atoms with Crippen molar-refractivity contribution in [3.05, 3.63) is 17.0 Å². The first-order chi connectivity index (χ1) is 9.66. The van der Waals surface area contributed by atoms with Crippen LogP contribution < -0.4 is 10.6 Å². The second-order valence-corrected chi connectivity index (χ2v) is 4.84. The molecule has 0 bridgehead atoms. The van der Waals surface area contributed by atoms with E-state index in [9.17, 15) is 9.59 Å². The number of carboxylic acids is 1. The summed E-state index contributed by atoms with van der Waals surface area (Å²) in [4.78, 5) is 21.8. The van der Waals surface area contributed by atoms with Gasteiger partial charge in [-0.1, -0.05) is 5.16 Å². The zero-order chi connectivity index (χ0) is 14.4. The predicted octanol–water partition coefficient (Wildman–Crippen LogP) is 1.22. The van der Waals surface area contributed by atoms with E-state index in [-0.39, 0.29) is 12.5 Å². The van der Waals surface area contributed by atoms with E-state index in [0.717, 1.165) is 42.7 Å². The van der Waals surface area contributed by atoms with E-state index < -0.39 is 5.97 Å². The lowest BCUT2D eigenvalue weighted by Crippen LogP contribution is -2.36. The maximum absolute atomic E-state index is 11.5. The monoisotopic (exact) mass is 281 g/mol. The molecule has 2 amide bonds. The number of urea groups is 1. The molecule has 7 nitrogen and oxygen atoms in total. The maximum Gasteiger partial charge on any atom is 0.315 e. The van der Waals surface area contributed by atoms with Gasteiger partial charge in [0, 0.05) is 24.9 Å². The van der Waals surface area contributed by atoms with Crippen LogP contribution in [0.5, 0.6) is 0 Å². The van der Waals surface area contributed by atoms with E-state index in [0.29, 0.717) is 19.5 Å². The van der Waals surface area contributed by atoms with E-state index in [1.165, 1.54) is 0 Å². The van der Waals surface area contributed by atoms with Gasteiger partial charge < -0.3 is 20.3 Å². The van der Waals surface area contributed by atoms with E-state index in [2.05, 4.69) is 15.8 Å². The molecule has 2 rings (SSSR count). The second kappa shape index (κ2) is 6.93. The Balaban J connectivity index is 1.71. The topological polar surface area (TPSA) is 104 Å². The van der Waals surface area contributed by atoms with Gasteiger partial charge in [-0.2, -0.15) is 0 Å². The molecule has 0 spiro atoms. The van der Waals surface area contributed by atoms with Gasteiger partial charge in [0.1, 0.15) is 11.5 Å².